The number of carbonyl (C=O) groups is 2. The molecule has 2 atom stereocenters. The second kappa shape index (κ2) is 37.5. The minimum absolute atomic E-state index is 0.0457. The molecule has 0 radical (unpaired) electrons. The van der Waals surface area contributed by atoms with Crippen LogP contribution in [0.5, 0.6) is 0 Å². The van der Waals surface area contributed by atoms with Gasteiger partial charge in [-0.1, -0.05) is 145 Å². The van der Waals surface area contributed by atoms with E-state index in [-0.39, 0.29) is 32.6 Å². The van der Waals surface area contributed by atoms with Crippen molar-refractivity contribution in [1.82, 2.24) is 0 Å². The number of esters is 2. The van der Waals surface area contributed by atoms with Crippen LogP contribution in [0.25, 0.3) is 0 Å². The van der Waals surface area contributed by atoms with Crippen molar-refractivity contribution in [2.75, 3.05) is 26.4 Å². The Morgan fingerprint density at radius 3 is 1.61 bits per heavy atom. The van der Waals surface area contributed by atoms with Crippen LogP contribution in [0, 0.1) is 0 Å². The maximum atomic E-state index is 12.5. The Bertz CT molecular complexity index is 1020. The Morgan fingerprint density at radius 1 is 0.608 bits per heavy atom. The molecule has 1 unspecified atom stereocenters. The van der Waals surface area contributed by atoms with Gasteiger partial charge in [-0.2, -0.15) is 0 Å². The van der Waals surface area contributed by atoms with Gasteiger partial charge in [0.25, 0.3) is 0 Å². The van der Waals surface area contributed by atoms with Crippen LogP contribution < -0.4 is 5.73 Å². The van der Waals surface area contributed by atoms with E-state index in [0.717, 1.165) is 70.6 Å². The fraction of sp³-hybridized carbons (Fsp3) is 0.707. The van der Waals surface area contributed by atoms with Gasteiger partial charge in [0.05, 0.1) is 13.2 Å². The van der Waals surface area contributed by atoms with E-state index in [1.165, 1.54) is 51.4 Å². The molecule has 0 aromatic carbocycles. The van der Waals surface area contributed by atoms with Crippen molar-refractivity contribution in [2.45, 2.75) is 161 Å². The molecule has 0 saturated heterocycles. The fourth-order valence-corrected chi connectivity index (χ4v) is 5.78. The first-order valence-electron chi connectivity index (χ1n) is 19.8. The molecule has 0 spiro atoms. The second-order valence-electron chi connectivity index (χ2n) is 12.8. The van der Waals surface area contributed by atoms with E-state index in [0.29, 0.717) is 6.42 Å². The third-order valence-electron chi connectivity index (χ3n) is 7.92. The van der Waals surface area contributed by atoms with Crippen molar-refractivity contribution in [1.29, 1.82) is 0 Å². The van der Waals surface area contributed by atoms with Gasteiger partial charge in [0.2, 0.25) is 0 Å². The first kappa shape index (κ1) is 48.7. The zero-order chi connectivity index (χ0) is 37.5. The molecule has 294 valence electrons. The van der Waals surface area contributed by atoms with Gasteiger partial charge in [-0.3, -0.25) is 18.6 Å². The highest BCUT2D eigenvalue weighted by molar-refractivity contribution is 7.47. The van der Waals surface area contributed by atoms with Crippen LogP contribution in [-0.4, -0.2) is 49.3 Å². The monoisotopic (exact) mass is 737 g/mol. The van der Waals surface area contributed by atoms with Gasteiger partial charge in [-0.25, -0.2) is 4.57 Å². The third kappa shape index (κ3) is 37.3. The van der Waals surface area contributed by atoms with Crippen molar-refractivity contribution in [2.24, 2.45) is 5.73 Å². The molecular weight excluding hydrogens is 665 g/mol. The SMILES string of the molecule is CCC=CCC=CCC=CCC=CCC=CCCCCCC(=O)O[C@H](COC(=O)CCCCCCCCCCCCC)COP(=O)(O)OCCN. The standard InChI is InChI=1S/C41H72NO8P/c1-3-5-7-9-11-13-15-16-17-18-19-20-21-22-24-26-28-30-32-34-41(44)50-39(38-49-51(45,46)48-36-35-42)37-47-40(43)33-31-29-27-25-23-14-12-10-8-6-4-2/h5,7,11,13,16-17,19-20,22,24,39H,3-4,6,8-10,12,14-15,18,21,23,25-38,42H2,1-2H3,(H,45,46)/t39-/m1/s1. The summed E-state index contributed by atoms with van der Waals surface area (Å²) in [4.78, 5) is 34.7. The summed E-state index contributed by atoms with van der Waals surface area (Å²) < 4.78 is 32.6. The molecular formula is C41H72NO8P. The molecule has 0 fully saturated rings. The number of allylic oxidation sites excluding steroid dienone is 10. The first-order valence-corrected chi connectivity index (χ1v) is 21.3. The van der Waals surface area contributed by atoms with Crippen LogP contribution in [0.1, 0.15) is 155 Å². The summed E-state index contributed by atoms with van der Waals surface area (Å²) in [5.41, 5.74) is 5.33. The van der Waals surface area contributed by atoms with E-state index in [9.17, 15) is 19.0 Å². The van der Waals surface area contributed by atoms with E-state index < -0.39 is 32.5 Å². The van der Waals surface area contributed by atoms with E-state index >= 15 is 0 Å². The van der Waals surface area contributed by atoms with Crippen LogP contribution in [0.2, 0.25) is 0 Å². The summed E-state index contributed by atoms with van der Waals surface area (Å²) in [6, 6.07) is 0. The lowest BCUT2D eigenvalue weighted by atomic mass is 10.1. The van der Waals surface area contributed by atoms with Crippen molar-refractivity contribution in [3.05, 3.63) is 60.8 Å². The van der Waals surface area contributed by atoms with Crippen LogP contribution >= 0.6 is 7.82 Å². The van der Waals surface area contributed by atoms with Gasteiger partial charge in [0, 0.05) is 19.4 Å². The molecule has 0 saturated carbocycles. The Hall–Kier alpha value is -2.29. The predicted octanol–water partition coefficient (Wildman–Crippen LogP) is 10.9. The smallest absolute Gasteiger partial charge is 0.462 e. The van der Waals surface area contributed by atoms with Gasteiger partial charge >= 0.3 is 19.8 Å². The van der Waals surface area contributed by atoms with Gasteiger partial charge in [-0.05, 0) is 57.8 Å². The number of carbonyl (C=O) groups excluding carboxylic acids is 2. The molecule has 9 nitrogen and oxygen atoms in total. The topological polar surface area (TPSA) is 134 Å². The number of hydrogen-bond donors (Lipinski definition) is 2. The minimum atomic E-state index is -4.38. The van der Waals surface area contributed by atoms with Crippen molar-refractivity contribution in [3.63, 3.8) is 0 Å². The fourth-order valence-electron chi connectivity index (χ4n) is 5.01. The van der Waals surface area contributed by atoms with Gasteiger partial charge in [-0.15, -0.1) is 0 Å². The minimum Gasteiger partial charge on any atom is -0.462 e. The molecule has 0 aliphatic carbocycles. The third-order valence-corrected chi connectivity index (χ3v) is 8.90. The van der Waals surface area contributed by atoms with Crippen molar-refractivity contribution < 1.29 is 37.6 Å². The van der Waals surface area contributed by atoms with Gasteiger partial charge < -0.3 is 20.1 Å². The summed E-state index contributed by atoms with van der Waals surface area (Å²) in [5.74, 6) is -0.871. The zero-order valence-corrected chi connectivity index (χ0v) is 33.0. The second-order valence-corrected chi connectivity index (χ2v) is 14.2. The first-order chi connectivity index (χ1) is 24.8. The Balaban J connectivity index is 4.28. The van der Waals surface area contributed by atoms with Crippen molar-refractivity contribution >= 4 is 19.8 Å². The maximum Gasteiger partial charge on any atom is 0.472 e. The Labute approximate surface area is 310 Å². The lowest BCUT2D eigenvalue weighted by Crippen LogP contribution is -2.29. The van der Waals surface area contributed by atoms with Gasteiger partial charge in [0.1, 0.15) is 6.61 Å². The van der Waals surface area contributed by atoms with E-state index in [1.54, 1.807) is 0 Å². The van der Waals surface area contributed by atoms with E-state index in [4.69, 9.17) is 24.3 Å². The van der Waals surface area contributed by atoms with E-state index in [1.807, 2.05) is 0 Å². The zero-order valence-electron chi connectivity index (χ0n) is 32.1. The number of unbranched alkanes of at least 4 members (excludes halogenated alkanes) is 13. The summed E-state index contributed by atoms with van der Waals surface area (Å²) in [5, 5.41) is 0. The molecule has 0 aliphatic heterocycles. The van der Waals surface area contributed by atoms with Crippen LogP contribution in [0.4, 0.5) is 0 Å². The summed E-state index contributed by atoms with van der Waals surface area (Å²) in [6.45, 7) is 3.55. The predicted molar refractivity (Wildman–Crippen MR) is 210 cm³/mol. The largest absolute Gasteiger partial charge is 0.472 e. The van der Waals surface area contributed by atoms with Crippen LogP contribution in [0.3, 0.4) is 0 Å². The number of ether oxygens (including phenoxy) is 2. The lowest BCUT2D eigenvalue weighted by molar-refractivity contribution is -0.161. The van der Waals surface area contributed by atoms with Crippen LogP contribution in [0.15, 0.2) is 60.8 Å². The average Bonchev–Trinajstić information content (AvgIpc) is 3.11. The van der Waals surface area contributed by atoms with Gasteiger partial charge in [0.15, 0.2) is 6.10 Å². The molecule has 0 aromatic heterocycles. The molecule has 0 heterocycles. The normalized spacial score (nSPS) is 14.0. The highest BCUT2D eigenvalue weighted by Crippen LogP contribution is 2.43. The number of nitrogens with two attached hydrogens (primary N) is 1. The number of hydrogen-bond acceptors (Lipinski definition) is 8. The highest BCUT2D eigenvalue weighted by Gasteiger charge is 2.25. The molecule has 51 heavy (non-hydrogen) atoms. The molecule has 10 heteroatoms. The van der Waals surface area contributed by atoms with Crippen LogP contribution in [-0.2, 0) is 32.7 Å². The summed E-state index contributed by atoms with van der Waals surface area (Å²) in [7, 11) is -4.38. The Kier molecular flexibility index (Phi) is 35.8. The van der Waals surface area contributed by atoms with Crippen molar-refractivity contribution in [3.8, 4) is 0 Å². The quantitative estimate of drug-likeness (QED) is 0.0279. The molecule has 0 bridgehead atoms. The molecule has 0 aromatic rings. The molecule has 0 aliphatic rings. The lowest BCUT2D eigenvalue weighted by Gasteiger charge is -2.19. The molecule has 0 rings (SSSR count). The maximum absolute atomic E-state index is 12.5. The number of phosphoric acid groups is 1. The average molecular weight is 738 g/mol. The highest BCUT2D eigenvalue weighted by atomic mass is 31.2. The summed E-state index contributed by atoms with van der Waals surface area (Å²) in [6.07, 6.45) is 42.5. The van der Waals surface area contributed by atoms with E-state index in [2.05, 4.69) is 74.6 Å². The number of phosphoric ester groups is 1. The molecule has 0 amide bonds. The molecule has 3 N–H and O–H groups in total. The Morgan fingerprint density at radius 2 is 1.08 bits per heavy atom. The summed E-state index contributed by atoms with van der Waals surface area (Å²) >= 11 is 0. The number of rotatable bonds is 36.